The molecule has 0 saturated carbocycles. The summed E-state index contributed by atoms with van der Waals surface area (Å²) < 4.78 is 13.2. The van der Waals surface area contributed by atoms with E-state index >= 15 is 0 Å². The first kappa shape index (κ1) is 29.8. The number of halogens is 1. The van der Waals surface area contributed by atoms with Gasteiger partial charge >= 0.3 is 11.8 Å². The van der Waals surface area contributed by atoms with Gasteiger partial charge < -0.3 is 26.2 Å². The van der Waals surface area contributed by atoms with E-state index in [4.69, 9.17) is 5.73 Å². The monoisotopic (exact) mass is 539 g/mol. The topological polar surface area (TPSA) is 125 Å². The predicted molar refractivity (Wildman–Crippen MR) is 147 cm³/mol. The number of nitrogens with two attached hydrogens (primary N) is 1. The fraction of sp³-hybridized carbons (Fsp3) is 0.448. The molecule has 2 aromatic rings. The van der Waals surface area contributed by atoms with Crippen LogP contribution in [0.4, 0.5) is 10.1 Å². The second-order valence-corrected chi connectivity index (χ2v) is 10.1. The summed E-state index contributed by atoms with van der Waals surface area (Å²) in [5, 5.41) is 5.74. The first-order chi connectivity index (χ1) is 18.6. The van der Waals surface area contributed by atoms with Crippen LogP contribution in [0.2, 0.25) is 0 Å². The molecule has 0 aliphatic carbocycles. The second kappa shape index (κ2) is 13.8. The Morgan fingerprint density at radius 3 is 2.28 bits per heavy atom. The number of anilines is 1. The molecule has 1 aliphatic rings. The maximum absolute atomic E-state index is 13.3. The van der Waals surface area contributed by atoms with Crippen molar-refractivity contribution in [1.82, 2.24) is 15.1 Å². The van der Waals surface area contributed by atoms with E-state index in [-0.39, 0.29) is 18.9 Å². The molecule has 0 bridgehead atoms. The average molecular weight is 540 g/mol. The molecule has 3 rings (SSSR count). The standard InChI is InChI=1S/C29H38FN5O4/c1-4-14-34-15-16-35(29(39)28(34)38)20(3)27(37)33-25(18-21-8-6-5-7-9-21)24(31)17-19(2)26(36)32-23-12-10-22(30)11-13-23/h5-13,19-20,24-25H,4,14-18,31H2,1-3H3,(H,32,36)(H,33,37)/t19-,20-,24+,25+/m1/s1. The molecule has 2 aromatic carbocycles. The zero-order chi connectivity index (χ0) is 28.5. The van der Waals surface area contributed by atoms with Crippen LogP contribution in [0.15, 0.2) is 54.6 Å². The van der Waals surface area contributed by atoms with Gasteiger partial charge in [0.1, 0.15) is 11.9 Å². The van der Waals surface area contributed by atoms with Crippen LogP contribution in [0.3, 0.4) is 0 Å². The molecule has 1 heterocycles. The van der Waals surface area contributed by atoms with Crippen LogP contribution in [0.25, 0.3) is 0 Å². The van der Waals surface area contributed by atoms with Gasteiger partial charge in [0, 0.05) is 43.3 Å². The SMILES string of the molecule is CCCN1CCN([C@H](C)C(=O)N[C@@H](Cc2ccccc2)[C@@H](N)C[C@@H](C)C(=O)Nc2ccc(F)cc2)C(=O)C1=O. The molecule has 0 spiro atoms. The fourth-order valence-corrected chi connectivity index (χ4v) is 4.64. The van der Waals surface area contributed by atoms with Gasteiger partial charge in [-0.05, 0) is 56.0 Å². The lowest BCUT2D eigenvalue weighted by atomic mass is 9.92. The van der Waals surface area contributed by atoms with Crippen LogP contribution < -0.4 is 16.4 Å². The number of benzene rings is 2. The van der Waals surface area contributed by atoms with Crippen LogP contribution in [0.5, 0.6) is 0 Å². The van der Waals surface area contributed by atoms with E-state index in [9.17, 15) is 23.6 Å². The van der Waals surface area contributed by atoms with Crippen molar-refractivity contribution in [2.45, 2.75) is 58.2 Å². The molecule has 39 heavy (non-hydrogen) atoms. The first-order valence-corrected chi connectivity index (χ1v) is 13.4. The Kier molecular flexibility index (Phi) is 10.6. The van der Waals surface area contributed by atoms with Gasteiger partial charge in [0.05, 0.1) is 0 Å². The number of hydrogen-bond donors (Lipinski definition) is 3. The number of hydrogen-bond acceptors (Lipinski definition) is 5. The number of carbonyl (C=O) groups excluding carboxylic acids is 4. The summed E-state index contributed by atoms with van der Waals surface area (Å²) in [4.78, 5) is 54.1. The van der Waals surface area contributed by atoms with Crippen molar-refractivity contribution in [3.05, 3.63) is 66.0 Å². The van der Waals surface area contributed by atoms with E-state index in [1.807, 2.05) is 37.3 Å². The largest absolute Gasteiger partial charge is 0.350 e. The molecule has 1 aliphatic heterocycles. The van der Waals surface area contributed by atoms with Gasteiger partial charge in [-0.1, -0.05) is 44.2 Å². The maximum atomic E-state index is 13.3. The van der Waals surface area contributed by atoms with Crippen LogP contribution in [-0.4, -0.2) is 71.2 Å². The van der Waals surface area contributed by atoms with Crippen molar-refractivity contribution >= 4 is 29.3 Å². The van der Waals surface area contributed by atoms with E-state index in [1.54, 1.807) is 13.8 Å². The average Bonchev–Trinajstić information content (AvgIpc) is 2.92. The normalized spacial score (nSPS) is 16.8. The zero-order valence-electron chi connectivity index (χ0n) is 22.7. The highest BCUT2D eigenvalue weighted by Gasteiger charge is 2.37. The van der Waals surface area contributed by atoms with Gasteiger partial charge in [-0.3, -0.25) is 19.2 Å². The molecule has 0 radical (unpaired) electrons. The molecule has 0 unspecified atom stereocenters. The summed E-state index contributed by atoms with van der Waals surface area (Å²) in [6, 6.07) is 13.0. The first-order valence-electron chi connectivity index (χ1n) is 13.4. The molecule has 4 N–H and O–H groups in total. The molecule has 1 fully saturated rings. The van der Waals surface area contributed by atoms with Gasteiger partial charge in [0.15, 0.2) is 0 Å². The van der Waals surface area contributed by atoms with E-state index < -0.39 is 47.6 Å². The number of nitrogens with zero attached hydrogens (tertiary/aromatic N) is 2. The van der Waals surface area contributed by atoms with Crippen molar-refractivity contribution in [2.75, 3.05) is 25.0 Å². The van der Waals surface area contributed by atoms with E-state index in [2.05, 4.69) is 10.6 Å². The highest BCUT2D eigenvalue weighted by molar-refractivity contribution is 6.35. The Morgan fingerprint density at radius 1 is 0.974 bits per heavy atom. The van der Waals surface area contributed by atoms with Crippen molar-refractivity contribution in [3.8, 4) is 0 Å². The highest BCUT2D eigenvalue weighted by atomic mass is 19.1. The smallest absolute Gasteiger partial charge is 0.312 e. The van der Waals surface area contributed by atoms with Gasteiger partial charge in [-0.25, -0.2) is 4.39 Å². The molecule has 4 atom stereocenters. The summed E-state index contributed by atoms with van der Waals surface area (Å²) in [5.74, 6) is -2.87. The van der Waals surface area contributed by atoms with E-state index in [0.29, 0.717) is 25.2 Å². The third kappa shape index (κ3) is 8.10. The summed E-state index contributed by atoms with van der Waals surface area (Å²) in [6.07, 6.45) is 1.44. The van der Waals surface area contributed by atoms with Crippen LogP contribution in [0, 0.1) is 11.7 Å². The molecule has 9 nitrogen and oxygen atoms in total. The van der Waals surface area contributed by atoms with Crippen molar-refractivity contribution in [2.24, 2.45) is 11.7 Å². The van der Waals surface area contributed by atoms with Crippen molar-refractivity contribution in [1.29, 1.82) is 0 Å². The number of piperazine rings is 1. The maximum Gasteiger partial charge on any atom is 0.312 e. The van der Waals surface area contributed by atoms with Gasteiger partial charge in [0.25, 0.3) is 0 Å². The second-order valence-electron chi connectivity index (χ2n) is 10.1. The van der Waals surface area contributed by atoms with E-state index in [1.165, 1.54) is 34.1 Å². The predicted octanol–water partition coefficient (Wildman–Crippen LogP) is 2.31. The molecule has 10 heteroatoms. The molecule has 0 aromatic heterocycles. The van der Waals surface area contributed by atoms with Crippen LogP contribution in [-0.2, 0) is 25.6 Å². The third-order valence-electron chi connectivity index (χ3n) is 7.01. The highest BCUT2D eigenvalue weighted by Crippen LogP contribution is 2.17. The van der Waals surface area contributed by atoms with Crippen LogP contribution in [0.1, 0.15) is 39.2 Å². The Balaban J connectivity index is 1.68. The summed E-state index contributed by atoms with van der Waals surface area (Å²) >= 11 is 0. The Labute approximate surface area is 228 Å². The molecule has 4 amide bonds. The number of rotatable bonds is 12. The van der Waals surface area contributed by atoms with Gasteiger partial charge in [-0.15, -0.1) is 0 Å². The summed E-state index contributed by atoms with van der Waals surface area (Å²) in [7, 11) is 0. The van der Waals surface area contributed by atoms with Crippen molar-refractivity contribution in [3.63, 3.8) is 0 Å². The fourth-order valence-electron chi connectivity index (χ4n) is 4.64. The molecular weight excluding hydrogens is 501 g/mol. The molecular formula is C29H38FN5O4. The molecule has 210 valence electrons. The molecule has 1 saturated heterocycles. The van der Waals surface area contributed by atoms with Crippen LogP contribution >= 0.6 is 0 Å². The lowest BCUT2D eigenvalue weighted by molar-refractivity contribution is -0.159. The minimum absolute atomic E-state index is 0.270. The number of nitrogens with one attached hydrogen (secondary N) is 2. The summed E-state index contributed by atoms with van der Waals surface area (Å²) in [5.41, 5.74) is 7.99. The van der Waals surface area contributed by atoms with Crippen molar-refractivity contribution < 1.29 is 23.6 Å². The van der Waals surface area contributed by atoms with Gasteiger partial charge in [0.2, 0.25) is 11.8 Å². The zero-order valence-corrected chi connectivity index (χ0v) is 22.7. The Hall–Kier alpha value is -3.79. The lowest BCUT2D eigenvalue weighted by Crippen LogP contribution is -2.61. The third-order valence-corrected chi connectivity index (χ3v) is 7.01. The summed E-state index contributed by atoms with van der Waals surface area (Å²) in [6.45, 7) is 6.42. The lowest BCUT2D eigenvalue weighted by Gasteiger charge is -2.37. The number of amides is 4. The quantitative estimate of drug-likeness (QED) is 0.357. The number of carbonyl (C=O) groups is 4. The van der Waals surface area contributed by atoms with Gasteiger partial charge in [-0.2, -0.15) is 0 Å². The Bertz CT molecular complexity index is 1140. The minimum atomic E-state index is -0.866. The minimum Gasteiger partial charge on any atom is -0.350 e. The van der Waals surface area contributed by atoms with E-state index in [0.717, 1.165) is 12.0 Å². The Morgan fingerprint density at radius 2 is 1.64 bits per heavy atom.